The number of rotatable bonds is 4. The van der Waals surface area contributed by atoms with Crippen LogP contribution in [0.3, 0.4) is 0 Å². The predicted octanol–water partition coefficient (Wildman–Crippen LogP) is 2.19. The molecule has 1 aliphatic rings. The minimum absolute atomic E-state index is 0.118. The van der Waals surface area contributed by atoms with Gasteiger partial charge in [0.05, 0.1) is 6.42 Å². The minimum atomic E-state index is 0.118. The number of carbonyl (C=O) groups excluding carboxylic acids is 1. The Morgan fingerprint density at radius 3 is 2.91 bits per heavy atom. The van der Waals surface area contributed by atoms with E-state index in [2.05, 4.69) is 15.3 Å². The van der Waals surface area contributed by atoms with Gasteiger partial charge in [-0.1, -0.05) is 0 Å². The summed E-state index contributed by atoms with van der Waals surface area (Å²) >= 11 is 0. The maximum Gasteiger partial charge on any atom is 0.231 e. The number of nitrogens with zero attached hydrogens (tertiary/aromatic N) is 3. The van der Waals surface area contributed by atoms with Gasteiger partial charge in [0.25, 0.3) is 0 Å². The van der Waals surface area contributed by atoms with Crippen molar-refractivity contribution in [3.8, 4) is 0 Å². The number of nitrogens with one attached hydrogen (secondary N) is 1. The van der Waals surface area contributed by atoms with Crippen LogP contribution in [0.2, 0.25) is 0 Å². The highest BCUT2D eigenvalue weighted by molar-refractivity contribution is 6.01. The van der Waals surface area contributed by atoms with Crippen molar-refractivity contribution in [2.75, 3.05) is 24.4 Å². The molecule has 6 heteroatoms. The first-order chi connectivity index (χ1) is 10.6. The van der Waals surface area contributed by atoms with Gasteiger partial charge in [0, 0.05) is 37.3 Å². The number of ether oxygens (including phenoxy) is 1. The van der Waals surface area contributed by atoms with Gasteiger partial charge in [0.2, 0.25) is 5.91 Å². The van der Waals surface area contributed by atoms with Crippen LogP contribution in [0.5, 0.6) is 0 Å². The molecule has 0 aliphatic carbocycles. The van der Waals surface area contributed by atoms with E-state index in [-0.39, 0.29) is 5.91 Å². The van der Waals surface area contributed by atoms with Gasteiger partial charge in [-0.25, -0.2) is 9.97 Å². The second-order valence-electron chi connectivity index (χ2n) is 5.34. The Labute approximate surface area is 129 Å². The second-order valence-corrected chi connectivity index (χ2v) is 5.34. The third-order valence-corrected chi connectivity index (χ3v) is 3.60. The van der Waals surface area contributed by atoms with Crippen LogP contribution < -0.4 is 10.2 Å². The number of benzene rings is 1. The molecule has 0 atom stereocenters. The SMILES string of the molecule is COCc1nc(C)cc(Nc2ccc3c(c2)CC(=O)N3C)n1. The molecule has 2 aromatic rings. The molecule has 1 N–H and O–H groups in total. The first-order valence-electron chi connectivity index (χ1n) is 7.07. The van der Waals surface area contributed by atoms with Crippen LogP contribution in [0.25, 0.3) is 0 Å². The Morgan fingerprint density at radius 1 is 1.32 bits per heavy atom. The fourth-order valence-electron chi connectivity index (χ4n) is 2.58. The summed E-state index contributed by atoms with van der Waals surface area (Å²) in [5, 5.41) is 3.27. The van der Waals surface area contributed by atoms with Crippen LogP contribution >= 0.6 is 0 Å². The summed E-state index contributed by atoms with van der Waals surface area (Å²) in [6.45, 7) is 2.29. The van der Waals surface area contributed by atoms with E-state index >= 15 is 0 Å². The number of hydrogen-bond donors (Lipinski definition) is 1. The average Bonchev–Trinajstić information content (AvgIpc) is 2.73. The van der Waals surface area contributed by atoms with Crippen molar-refractivity contribution in [1.82, 2.24) is 9.97 Å². The number of aromatic nitrogens is 2. The molecule has 1 aromatic heterocycles. The van der Waals surface area contributed by atoms with Crippen LogP contribution in [-0.2, 0) is 22.6 Å². The first kappa shape index (κ1) is 14.5. The highest BCUT2D eigenvalue weighted by Crippen LogP contribution is 2.30. The Hall–Kier alpha value is -2.47. The second kappa shape index (κ2) is 5.73. The zero-order valence-corrected chi connectivity index (χ0v) is 12.9. The Morgan fingerprint density at radius 2 is 2.14 bits per heavy atom. The molecule has 2 heterocycles. The highest BCUT2D eigenvalue weighted by atomic mass is 16.5. The molecule has 6 nitrogen and oxygen atoms in total. The zero-order valence-electron chi connectivity index (χ0n) is 12.9. The fourth-order valence-corrected chi connectivity index (χ4v) is 2.58. The summed E-state index contributed by atoms with van der Waals surface area (Å²) in [6.07, 6.45) is 0.444. The van der Waals surface area contributed by atoms with Crippen LogP contribution in [0.4, 0.5) is 17.2 Å². The highest BCUT2D eigenvalue weighted by Gasteiger charge is 2.23. The maximum absolute atomic E-state index is 11.7. The van der Waals surface area contributed by atoms with Crippen molar-refractivity contribution in [3.05, 3.63) is 41.3 Å². The van der Waals surface area contributed by atoms with Crippen molar-refractivity contribution >= 4 is 23.1 Å². The van der Waals surface area contributed by atoms with Gasteiger partial charge >= 0.3 is 0 Å². The number of amides is 1. The Kier molecular flexibility index (Phi) is 3.77. The number of aryl methyl sites for hydroxylation is 1. The van der Waals surface area contributed by atoms with Gasteiger partial charge in [0.1, 0.15) is 12.4 Å². The van der Waals surface area contributed by atoms with Gasteiger partial charge < -0.3 is 15.0 Å². The first-order valence-corrected chi connectivity index (χ1v) is 7.07. The molecule has 0 unspecified atom stereocenters. The zero-order chi connectivity index (χ0) is 15.7. The number of methoxy groups -OCH3 is 1. The molecular formula is C16H18N4O2. The summed E-state index contributed by atoms with van der Waals surface area (Å²) in [7, 11) is 3.42. The third-order valence-electron chi connectivity index (χ3n) is 3.60. The Balaban J connectivity index is 1.85. The summed E-state index contributed by atoms with van der Waals surface area (Å²) in [5.74, 6) is 1.48. The lowest BCUT2D eigenvalue weighted by molar-refractivity contribution is -0.117. The van der Waals surface area contributed by atoms with Crippen LogP contribution in [-0.4, -0.2) is 30.0 Å². The lowest BCUT2D eigenvalue weighted by Crippen LogP contribution is -2.20. The molecule has 0 fully saturated rings. The summed E-state index contributed by atoms with van der Waals surface area (Å²) in [6, 6.07) is 7.77. The number of fused-ring (bicyclic) bond motifs is 1. The van der Waals surface area contributed by atoms with Crippen molar-refractivity contribution in [3.63, 3.8) is 0 Å². The van der Waals surface area contributed by atoms with E-state index in [0.29, 0.717) is 18.9 Å². The third kappa shape index (κ3) is 2.78. The molecule has 0 spiro atoms. The number of carbonyl (C=O) groups is 1. The van der Waals surface area contributed by atoms with Gasteiger partial charge in [-0.15, -0.1) is 0 Å². The van der Waals surface area contributed by atoms with E-state index in [4.69, 9.17) is 4.74 Å². The van der Waals surface area contributed by atoms with Crippen molar-refractivity contribution in [1.29, 1.82) is 0 Å². The van der Waals surface area contributed by atoms with Crippen LogP contribution in [0.15, 0.2) is 24.3 Å². The molecule has 0 bridgehead atoms. The lowest BCUT2D eigenvalue weighted by atomic mass is 10.1. The molecule has 0 radical (unpaired) electrons. The van der Waals surface area contributed by atoms with Crippen molar-refractivity contribution in [2.24, 2.45) is 0 Å². The lowest BCUT2D eigenvalue weighted by Gasteiger charge is -2.12. The molecule has 3 rings (SSSR count). The van der Waals surface area contributed by atoms with Gasteiger partial charge in [-0.2, -0.15) is 0 Å². The van der Waals surface area contributed by atoms with E-state index in [1.807, 2.05) is 31.2 Å². The van der Waals surface area contributed by atoms with Crippen LogP contribution in [0, 0.1) is 6.92 Å². The topological polar surface area (TPSA) is 67.3 Å². The number of anilines is 3. The van der Waals surface area contributed by atoms with E-state index in [1.165, 1.54) is 0 Å². The summed E-state index contributed by atoms with van der Waals surface area (Å²) in [5.41, 5.74) is 3.78. The van der Waals surface area contributed by atoms with Crippen molar-refractivity contribution in [2.45, 2.75) is 20.0 Å². The van der Waals surface area contributed by atoms with Gasteiger partial charge in [-0.3, -0.25) is 4.79 Å². The standard InChI is InChI=1S/C16H18N4O2/c1-10-6-14(19-15(17-10)9-22-3)18-12-4-5-13-11(7-12)8-16(21)20(13)2/h4-7H,8-9H2,1-3H3,(H,17,18,19). The Bertz CT molecular complexity index is 730. The smallest absolute Gasteiger partial charge is 0.231 e. The van der Waals surface area contributed by atoms with Gasteiger partial charge in [-0.05, 0) is 30.7 Å². The molecule has 114 valence electrons. The fraction of sp³-hybridized carbons (Fsp3) is 0.312. The van der Waals surface area contributed by atoms with E-state index < -0.39 is 0 Å². The molecule has 1 amide bonds. The van der Waals surface area contributed by atoms with Crippen molar-refractivity contribution < 1.29 is 9.53 Å². The molecule has 0 saturated heterocycles. The molecule has 1 aliphatic heterocycles. The van der Waals surface area contributed by atoms with E-state index in [1.54, 1.807) is 19.1 Å². The van der Waals surface area contributed by atoms with Gasteiger partial charge in [0.15, 0.2) is 5.82 Å². The van der Waals surface area contributed by atoms with E-state index in [9.17, 15) is 4.79 Å². The number of likely N-dealkylation sites (N-methyl/N-ethyl adjacent to an activating group) is 1. The van der Waals surface area contributed by atoms with Crippen LogP contribution in [0.1, 0.15) is 17.1 Å². The minimum Gasteiger partial charge on any atom is -0.377 e. The average molecular weight is 298 g/mol. The normalized spacial score (nSPS) is 13.4. The largest absolute Gasteiger partial charge is 0.377 e. The molecule has 22 heavy (non-hydrogen) atoms. The monoisotopic (exact) mass is 298 g/mol. The predicted molar refractivity (Wildman–Crippen MR) is 84.3 cm³/mol. The number of hydrogen-bond acceptors (Lipinski definition) is 5. The molecule has 1 aromatic carbocycles. The van der Waals surface area contributed by atoms with E-state index in [0.717, 1.165) is 28.5 Å². The maximum atomic E-state index is 11.7. The summed E-state index contributed by atoms with van der Waals surface area (Å²) in [4.78, 5) is 22.2. The quantitative estimate of drug-likeness (QED) is 0.937. The molecular weight excluding hydrogens is 280 g/mol. The molecule has 0 saturated carbocycles. The summed E-state index contributed by atoms with van der Waals surface area (Å²) < 4.78 is 5.08.